The molecular weight excluding hydrogens is 473 g/mol. The second kappa shape index (κ2) is 8.43. The fourth-order valence-electron chi connectivity index (χ4n) is 3.60. The Bertz CT molecular complexity index is 1210. The van der Waals surface area contributed by atoms with Crippen molar-refractivity contribution >= 4 is 19.7 Å². The van der Waals surface area contributed by atoms with E-state index in [1.807, 2.05) is 0 Å². The van der Waals surface area contributed by atoms with Crippen LogP contribution in [0.1, 0.15) is 37.1 Å². The van der Waals surface area contributed by atoms with Crippen molar-refractivity contribution in [2.45, 2.75) is 53.4 Å². The maximum Gasteiger partial charge on any atom is 0.416 e. The highest BCUT2D eigenvalue weighted by Gasteiger charge is 2.46. The Hall–Kier alpha value is -1.96. The van der Waals surface area contributed by atoms with Crippen molar-refractivity contribution in [2.75, 3.05) is 20.0 Å². The van der Waals surface area contributed by atoms with Gasteiger partial charge >= 0.3 is 6.18 Å². The Labute approximate surface area is 184 Å². The van der Waals surface area contributed by atoms with Crippen LogP contribution in [0.2, 0.25) is 0 Å². The van der Waals surface area contributed by atoms with Crippen LogP contribution in [0.5, 0.6) is 0 Å². The molecule has 2 aromatic rings. The third kappa shape index (κ3) is 4.70. The first-order valence-electron chi connectivity index (χ1n) is 9.49. The van der Waals surface area contributed by atoms with Crippen molar-refractivity contribution in [3.63, 3.8) is 0 Å². The fraction of sp³-hybridized carbons (Fsp3) is 0.526. The summed E-state index contributed by atoms with van der Waals surface area (Å²) in [6.45, 7) is 1.36. The molecule has 1 aromatic carbocycles. The summed E-state index contributed by atoms with van der Waals surface area (Å²) >= 11 is 0. The Balaban J connectivity index is 2.00. The molecular formula is C19H23F3N2O6S2. The van der Waals surface area contributed by atoms with Crippen molar-refractivity contribution in [3.8, 4) is 0 Å². The van der Waals surface area contributed by atoms with E-state index in [-0.39, 0.29) is 31.2 Å². The number of alkyl halides is 3. The fourth-order valence-corrected chi connectivity index (χ4v) is 6.01. The number of halogens is 3. The zero-order valence-electron chi connectivity index (χ0n) is 17.6. The molecule has 0 bridgehead atoms. The summed E-state index contributed by atoms with van der Waals surface area (Å²) in [5.74, 6) is 0. The average Bonchev–Trinajstić information content (AvgIpc) is 3.12. The van der Waals surface area contributed by atoms with E-state index in [1.54, 1.807) is 0 Å². The lowest BCUT2D eigenvalue weighted by molar-refractivity contribution is -0.137. The average molecular weight is 497 g/mol. The number of aromatic nitrogens is 2. The molecule has 0 spiro atoms. The van der Waals surface area contributed by atoms with Gasteiger partial charge in [0, 0.05) is 26.0 Å². The van der Waals surface area contributed by atoms with Crippen LogP contribution in [0.3, 0.4) is 0 Å². The van der Waals surface area contributed by atoms with Crippen molar-refractivity contribution in [3.05, 3.63) is 41.6 Å². The van der Waals surface area contributed by atoms with Gasteiger partial charge in [0.1, 0.15) is 12.8 Å². The Morgan fingerprint density at radius 2 is 1.94 bits per heavy atom. The minimum absolute atomic E-state index is 0.00568. The predicted molar refractivity (Wildman–Crippen MR) is 107 cm³/mol. The molecule has 0 N–H and O–H groups in total. The summed E-state index contributed by atoms with van der Waals surface area (Å²) in [4.78, 5) is -0.433. The molecule has 178 valence electrons. The van der Waals surface area contributed by atoms with E-state index in [9.17, 15) is 30.0 Å². The molecule has 1 fully saturated rings. The smallest absolute Gasteiger partial charge is 0.372 e. The maximum absolute atomic E-state index is 13.4. The van der Waals surface area contributed by atoms with Gasteiger partial charge in [-0.1, -0.05) is 6.07 Å². The van der Waals surface area contributed by atoms with Gasteiger partial charge in [-0.2, -0.15) is 18.3 Å². The minimum Gasteiger partial charge on any atom is -0.372 e. The zero-order valence-corrected chi connectivity index (χ0v) is 19.2. The number of hydrogen-bond acceptors (Lipinski definition) is 7. The Morgan fingerprint density at radius 3 is 2.53 bits per heavy atom. The number of rotatable bonds is 6. The monoisotopic (exact) mass is 496 g/mol. The third-order valence-corrected chi connectivity index (χ3v) is 8.94. The van der Waals surface area contributed by atoms with Gasteiger partial charge < -0.3 is 9.47 Å². The van der Waals surface area contributed by atoms with E-state index in [2.05, 4.69) is 5.10 Å². The quantitative estimate of drug-likeness (QED) is 0.606. The lowest BCUT2D eigenvalue weighted by Gasteiger charge is -2.37. The molecule has 0 aliphatic carbocycles. The molecule has 2 heterocycles. The molecule has 1 aromatic heterocycles. The molecule has 32 heavy (non-hydrogen) atoms. The molecule has 2 unspecified atom stereocenters. The van der Waals surface area contributed by atoms with Gasteiger partial charge in [0.15, 0.2) is 24.7 Å². The highest BCUT2D eigenvalue weighted by molar-refractivity contribution is 7.92. The molecule has 1 aliphatic rings. The highest BCUT2D eigenvalue weighted by atomic mass is 32.2. The Morgan fingerprint density at radius 1 is 1.25 bits per heavy atom. The number of methoxy groups -OCH3 is 1. The minimum atomic E-state index is -4.68. The molecule has 13 heteroatoms. The first kappa shape index (κ1) is 24.7. The maximum atomic E-state index is 13.4. The van der Waals surface area contributed by atoms with Gasteiger partial charge in [0.25, 0.3) is 0 Å². The molecule has 0 saturated carbocycles. The lowest BCUT2D eigenvalue weighted by atomic mass is 9.95. The van der Waals surface area contributed by atoms with Crippen LogP contribution in [-0.2, 0) is 42.1 Å². The molecule has 3 rings (SSSR count). The summed E-state index contributed by atoms with van der Waals surface area (Å²) in [6.07, 6.45) is -4.60. The molecule has 0 radical (unpaired) electrons. The largest absolute Gasteiger partial charge is 0.416 e. The lowest BCUT2D eigenvalue weighted by Crippen LogP contribution is -2.42. The number of nitrogens with zero attached hydrogens (tertiary/aromatic N) is 2. The van der Waals surface area contributed by atoms with Crippen molar-refractivity contribution in [1.82, 2.24) is 9.78 Å². The molecule has 1 saturated heterocycles. The van der Waals surface area contributed by atoms with Gasteiger partial charge in [-0.25, -0.2) is 21.5 Å². The summed E-state index contributed by atoms with van der Waals surface area (Å²) < 4.78 is 101. The number of benzene rings is 1. The van der Waals surface area contributed by atoms with Crippen LogP contribution >= 0.6 is 0 Å². The second-order valence-corrected chi connectivity index (χ2v) is 12.3. The van der Waals surface area contributed by atoms with Gasteiger partial charge in [-0.3, -0.25) is 0 Å². The van der Waals surface area contributed by atoms with Crippen molar-refractivity contribution in [1.29, 1.82) is 0 Å². The predicted octanol–water partition coefficient (Wildman–Crippen LogP) is 2.99. The zero-order chi connectivity index (χ0) is 23.9. The van der Waals surface area contributed by atoms with E-state index >= 15 is 0 Å². The molecule has 8 nitrogen and oxygen atoms in total. The molecule has 0 amide bonds. The van der Waals surface area contributed by atoms with Crippen LogP contribution in [0.15, 0.2) is 40.3 Å². The van der Waals surface area contributed by atoms with Gasteiger partial charge in [-0.05, 0) is 38.0 Å². The number of hydrogen-bond donors (Lipinski definition) is 0. The van der Waals surface area contributed by atoms with Crippen molar-refractivity contribution < 1.29 is 39.5 Å². The van der Waals surface area contributed by atoms with E-state index in [0.717, 1.165) is 24.5 Å². The van der Waals surface area contributed by atoms with E-state index in [1.165, 1.54) is 24.8 Å². The van der Waals surface area contributed by atoms with E-state index in [4.69, 9.17) is 9.47 Å². The Kier molecular flexibility index (Phi) is 6.50. The second-order valence-electron chi connectivity index (χ2n) is 7.89. The van der Waals surface area contributed by atoms with Gasteiger partial charge in [0.05, 0.1) is 20.9 Å². The SMILES string of the molecule is COCn1nc(S(C)(=O)=O)cc1C1CC(C)(S(=O)(=O)c2cccc(C(F)(F)F)c2)CCO1. The van der Waals surface area contributed by atoms with E-state index < -0.39 is 47.2 Å². The van der Waals surface area contributed by atoms with Gasteiger partial charge in [-0.15, -0.1) is 0 Å². The van der Waals surface area contributed by atoms with Crippen LogP contribution in [-0.4, -0.2) is 51.3 Å². The first-order valence-corrected chi connectivity index (χ1v) is 12.9. The van der Waals surface area contributed by atoms with Crippen molar-refractivity contribution in [2.24, 2.45) is 0 Å². The molecule has 1 aliphatic heterocycles. The number of ether oxygens (including phenoxy) is 2. The first-order chi connectivity index (χ1) is 14.7. The molecule has 2 atom stereocenters. The summed E-state index contributed by atoms with van der Waals surface area (Å²) in [5.41, 5.74) is -0.751. The standard InChI is InChI=1S/C19H23F3N2O6S2/c1-18(32(27,28)14-6-4-5-13(9-14)19(20,21)22)7-8-30-16(11-18)15-10-17(31(3,25)26)23-24(15)12-29-2/h4-6,9-10,16H,7-8,11-12H2,1-3H3. The highest BCUT2D eigenvalue weighted by Crippen LogP contribution is 2.43. The van der Waals surface area contributed by atoms with E-state index in [0.29, 0.717) is 11.8 Å². The van der Waals surface area contributed by atoms with Crippen LogP contribution in [0, 0.1) is 0 Å². The van der Waals surface area contributed by atoms with Crippen LogP contribution < -0.4 is 0 Å². The number of sulfone groups is 2. The topological polar surface area (TPSA) is 105 Å². The normalized spacial score (nSPS) is 22.8. The van der Waals surface area contributed by atoms with Gasteiger partial charge in [0.2, 0.25) is 0 Å². The summed E-state index contributed by atoms with van der Waals surface area (Å²) in [6, 6.07) is 4.92. The van der Waals surface area contributed by atoms with Crippen LogP contribution in [0.4, 0.5) is 13.2 Å². The third-order valence-electron chi connectivity index (χ3n) is 5.44. The summed E-state index contributed by atoms with van der Waals surface area (Å²) in [5, 5.41) is 3.78. The van der Waals surface area contributed by atoms with Crippen LogP contribution in [0.25, 0.3) is 0 Å². The summed E-state index contributed by atoms with van der Waals surface area (Å²) in [7, 11) is -6.45.